The molecule has 0 amide bonds. The Bertz CT molecular complexity index is 175. The van der Waals surface area contributed by atoms with E-state index in [1.165, 1.54) is 0 Å². The molecule has 0 radical (unpaired) electrons. The lowest BCUT2D eigenvalue weighted by Crippen LogP contribution is -2.54. The van der Waals surface area contributed by atoms with Crippen LogP contribution >= 0.6 is 0 Å². The van der Waals surface area contributed by atoms with Gasteiger partial charge in [-0.3, -0.25) is 0 Å². The van der Waals surface area contributed by atoms with Gasteiger partial charge in [0.15, 0.2) is 5.67 Å². The normalized spacial score (nSPS) is 22.5. The van der Waals surface area contributed by atoms with E-state index in [4.69, 9.17) is 5.11 Å². The first-order valence-corrected chi connectivity index (χ1v) is 2.94. The van der Waals surface area contributed by atoms with Gasteiger partial charge in [0.2, 0.25) is 0 Å². The van der Waals surface area contributed by atoms with Crippen LogP contribution in [0.3, 0.4) is 0 Å². The van der Waals surface area contributed by atoms with E-state index in [9.17, 15) is 9.18 Å². The van der Waals surface area contributed by atoms with Gasteiger partial charge in [0, 0.05) is 19.2 Å². The summed E-state index contributed by atoms with van der Waals surface area (Å²) >= 11 is 0. The molecular formula is C6H8FNO2. The van der Waals surface area contributed by atoms with Crippen molar-refractivity contribution in [2.75, 3.05) is 13.1 Å². The van der Waals surface area contributed by atoms with Crippen molar-refractivity contribution >= 4 is 5.97 Å². The number of alkyl halides is 1. The summed E-state index contributed by atoms with van der Waals surface area (Å²) in [6.45, 7) is 0.438. The summed E-state index contributed by atoms with van der Waals surface area (Å²) in [5.74, 6) is -1.11. The number of carboxylic acid groups (broad SMARTS) is 1. The Kier molecular flexibility index (Phi) is 1.72. The number of rotatable bonds is 2. The van der Waals surface area contributed by atoms with Gasteiger partial charge in [-0.1, -0.05) is 0 Å². The second-order valence-electron chi connectivity index (χ2n) is 2.31. The van der Waals surface area contributed by atoms with Crippen LogP contribution in [0.15, 0.2) is 12.2 Å². The standard InChI is InChI=1S/C6H8FNO2/c7-6(3-8-4-6)2-1-5(9)10/h1-2,8H,3-4H2,(H,9,10)/b2-1+. The highest BCUT2D eigenvalue weighted by molar-refractivity contribution is 5.80. The van der Waals surface area contributed by atoms with Gasteiger partial charge in [0.25, 0.3) is 0 Å². The van der Waals surface area contributed by atoms with Crippen LogP contribution in [0.1, 0.15) is 0 Å². The predicted molar refractivity (Wildman–Crippen MR) is 33.5 cm³/mol. The smallest absolute Gasteiger partial charge is 0.328 e. The lowest BCUT2D eigenvalue weighted by atomic mass is 9.99. The van der Waals surface area contributed by atoms with E-state index in [1.54, 1.807) is 0 Å². The third-order valence-electron chi connectivity index (χ3n) is 1.36. The molecule has 56 valence electrons. The Morgan fingerprint density at radius 2 is 2.30 bits per heavy atom. The number of nitrogens with one attached hydrogen (secondary N) is 1. The molecule has 1 rings (SSSR count). The first kappa shape index (κ1) is 7.21. The number of halogens is 1. The zero-order valence-corrected chi connectivity index (χ0v) is 5.30. The topological polar surface area (TPSA) is 49.3 Å². The van der Waals surface area contributed by atoms with Gasteiger partial charge in [-0.2, -0.15) is 0 Å². The summed E-state index contributed by atoms with van der Waals surface area (Å²) in [5, 5.41) is 10.8. The van der Waals surface area contributed by atoms with Crippen molar-refractivity contribution in [1.82, 2.24) is 5.32 Å². The Labute approximate surface area is 57.5 Å². The Morgan fingerprint density at radius 1 is 1.70 bits per heavy atom. The molecule has 1 fully saturated rings. The average molecular weight is 145 g/mol. The van der Waals surface area contributed by atoms with Crippen molar-refractivity contribution < 1.29 is 14.3 Å². The third-order valence-corrected chi connectivity index (χ3v) is 1.36. The molecule has 3 nitrogen and oxygen atoms in total. The highest BCUT2D eigenvalue weighted by atomic mass is 19.1. The first-order chi connectivity index (χ1) is 4.62. The summed E-state index contributed by atoms with van der Waals surface area (Å²) < 4.78 is 12.9. The lowest BCUT2D eigenvalue weighted by molar-refractivity contribution is -0.131. The van der Waals surface area contributed by atoms with E-state index in [1.807, 2.05) is 0 Å². The van der Waals surface area contributed by atoms with Crippen molar-refractivity contribution in [3.8, 4) is 0 Å². The SMILES string of the molecule is O=C(O)/C=C/C1(F)CNC1. The third kappa shape index (κ3) is 1.54. The van der Waals surface area contributed by atoms with Crippen LogP contribution < -0.4 is 5.32 Å². The average Bonchev–Trinajstić information content (AvgIpc) is 1.79. The lowest BCUT2D eigenvalue weighted by Gasteiger charge is -2.31. The van der Waals surface area contributed by atoms with Gasteiger partial charge in [-0.15, -0.1) is 0 Å². The molecule has 1 saturated heterocycles. The molecule has 10 heavy (non-hydrogen) atoms. The number of aliphatic carboxylic acids is 1. The molecule has 1 aliphatic heterocycles. The van der Waals surface area contributed by atoms with Crippen LogP contribution in [0, 0.1) is 0 Å². The number of hydrogen-bond acceptors (Lipinski definition) is 2. The van der Waals surface area contributed by atoms with E-state index >= 15 is 0 Å². The van der Waals surface area contributed by atoms with Gasteiger partial charge in [-0.05, 0) is 6.08 Å². The van der Waals surface area contributed by atoms with Gasteiger partial charge >= 0.3 is 5.97 Å². The minimum atomic E-state index is -1.42. The molecule has 0 aliphatic carbocycles. The number of hydrogen-bond donors (Lipinski definition) is 2. The van der Waals surface area contributed by atoms with E-state index < -0.39 is 11.6 Å². The minimum Gasteiger partial charge on any atom is -0.478 e. The van der Waals surface area contributed by atoms with E-state index in [0.29, 0.717) is 0 Å². The van der Waals surface area contributed by atoms with Crippen molar-refractivity contribution in [2.24, 2.45) is 0 Å². The summed E-state index contributed by atoms with van der Waals surface area (Å²) in [6, 6.07) is 0. The van der Waals surface area contributed by atoms with Crippen molar-refractivity contribution in [3.05, 3.63) is 12.2 Å². The second-order valence-corrected chi connectivity index (χ2v) is 2.31. The molecule has 0 aromatic carbocycles. The fraction of sp³-hybridized carbons (Fsp3) is 0.500. The van der Waals surface area contributed by atoms with E-state index in [2.05, 4.69) is 5.32 Å². The first-order valence-electron chi connectivity index (χ1n) is 2.94. The fourth-order valence-corrected chi connectivity index (χ4v) is 0.702. The highest BCUT2D eigenvalue weighted by Gasteiger charge is 2.33. The molecule has 0 aromatic rings. The molecule has 0 atom stereocenters. The van der Waals surface area contributed by atoms with Crippen molar-refractivity contribution in [1.29, 1.82) is 0 Å². The second kappa shape index (κ2) is 2.38. The van der Waals surface area contributed by atoms with Gasteiger partial charge in [0.05, 0.1) is 0 Å². The molecule has 1 aliphatic rings. The molecule has 0 unspecified atom stereocenters. The molecule has 2 N–H and O–H groups in total. The zero-order valence-electron chi connectivity index (χ0n) is 5.30. The van der Waals surface area contributed by atoms with E-state index in [-0.39, 0.29) is 13.1 Å². The van der Waals surface area contributed by atoms with Gasteiger partial charge in [0.1, 0.15) is 0 Å². The minimum absolute atomic E-state index is 0.219. The maximum Gasteiger partial charge on any atom is 0.328 e. The monoisotopic (exact) mass is 145 g/mol. The van der Waals surface area contributed by atoms with Crippen LogP contribution in [0.25, 0.3) is 0 Å². The van der Waals surface area contributed by atoms with Gasteiger partial charge in [-0.25, -0.2) is 9.18 Å². The molecule has 0 saturated carbocycles. The number of carboxylic acids is 1. The summed E-state index contributed by atoms with van der Waals surface area (Å²) in [7, 11) is 0. The van der Waals surface area contributed by atoms with E-state index in [0.717, 1.165) is 12.2 Å². The molecule has 0 aromatic heterocycles. The Morgan fingerprint density at radius 3 is 2.60 bits per heavy atom. The maximum absolute atomic E-state index is 12.9. The summed E-state index contributed by atoms with van der Waals surface area (Å²) in [6.07, 6.45) is 1.91. The molecule has 0 bridgehead atoms. The molecular weight excluding hydrogens is 137 g/mol. The zero-order chi connectivity index (χ0) is 7.61. The van der Waals surface area contributed by atoms with Crippen molar-refractivity contribution in [3.63, 3.8) is 0 Å². The van der Waals surface area contributed by atoms with Crippen LogP contribution in [0.5, 0.6) is 0 Å². The predicted octanol–water partition coefficient (Wildman–Crippen LogP) is -0.0613. The summed E-state index contributed by atoms with van der Waals surface area (Å²) in [4.78, 5) is 9.91. The van der Waals surface area contributed by atoms with Crippen LogP contribution in [-0.2, 0) is 4.79 Å². The quantitative estimate of drug-likeness (QED) is 0.535. The largest absolute Gasteiger partial charge is 0.478 e. The van der Waals surface area contributed by atoms with Crippen LogP contribution in [0.2, 0.25) is 0 Å². The van der Waals surface area contributed by atoms with Crippen LogP contribution in [-0.4, -0.2) is 29.8 Å². The summed E-state index contributed by atoms with van der Waals surface area (Å²) in [5.41, 5.74) is -1.42. The Hall–Kier alpha value is -0.900. The highest BCUT2D eigenvalue weighted by Crippen LogP contribution is 2.17. The fourth-order valence-electron chi connectivity index (χ4n) is 0.702. The maximum atomic E-state index is 12.9. The van der Waals surface area contributed by atoms with Crippen molar-refractivity contribution in [2.45, 2.75) is 5.67 Å². The van der Waals surface area contributed by atoms with Gasteiger partial charge < -0.3 is 10.4 Å². The molecule has 0 spiro atoms. The number of carbonyl (C=O) groups is 1. The molecule has 1 heterocycles. The molecule has 4 heteroatoms. The van der Waals surface area contributed by atoms with Crippen LogP contribution in [0.4, 0.5) is 4.39 Å². The Balaban J connectivity index is 2.43.